The lowest BCUT2D eigenvalue weighted by Gasteiger charge is -2.26. The van der Waals surface area contributed by atoms with Gasteiger partial charge in [0.05, 0.1) is 15.7 Å². The summed E-state index contributed by atoms with van der Waals surface area (Å²) >= 11 is 0. The normalized spacial score (nSPS) is 17.5. The number of carbonyl (C=O) groups excluding carboxylic acids is 1. The lowest BCUT2D eigenvalue weighted by molar-refractivity contribution is -0.129. The Morgan fingerprint density at radius 3 is 1.73 bits per heavy atom. The molecule has 1 amide bonds. The molecule has 3 aromatic rings. The second-order valence-corrected chi connectivity index (χ2v) is 11.7. The summed E-state index contributed by atoms with van der Waals surface area (Å²) in [7, 11) is -8.75. The van der Waals surface area contributed by atoms with Crippen LogP contribution in [0.3, 0.4) is 0 Å². The van der Waals surface area contributed by atoms with E-state index >= 15 is 0 Å². The Bertz CT molecular complexity index is 1370. The maximum Gasteiger partial charge on any atom is 0.281 e. The van der Waals surface area contributed by atoms with E-state index in [2.05, 4.69) is 0 Å². The smallest absolute Gasteiger partial charge is 0.272 e. The van der Waals surface area contributed by atoms with Crippen LogP contribution in [0.5, 0.6) is 0 Å². The number of nitrogens with zero attached hydrogens (tertiary/aromatic N) is 2. The van der Waals surface area contributed by atoms with Gasteiger partial charge >= 0.3 is 0 Å². The summed E-state index contributed by atoms with van der Waals surface area (Å²) in [6.45, 7) is 3.36. The minimum Gasteiger partial charge on any atom is -0.272 e. The van der Waals surface area contributed by atoms with Gasteiger partial charge < -0.3 is 0 Å². The number of rotatable bonds is 6. The first-order chi connectivity index (χ1) is 15.6. The highest BCUT2D eigenvalue weighted by Crippen LogP contribution is 2.33. The van der Waals surface area contributed by atoms with E-state index in [9.17, 15) is 21.6 Å². The first-order valence-corrected chi connectivity index (χ1v) is 13.3. The number of amides is 1. The lowest BCUT2D eigenvalue weighted by atomic mass is 10.00. The van der Waals surface area contributed by atoms with Crippen LogP contribution in [0.25, 0.3) is 0 Å². The fraction of sp³-hybridized carbons (Fsp3) is 0.208. The van der Waals surface area contributed by atoms with Crippen molar-refractivity contribution in [3.8, 4) is 0 Å². The van der Waals surface area contributed by atoms with E-state index in [0.29, 0.717) is 8.83 Å². The zero-order valence-electron chi connectivity index (χ0n) is 18.2. The maximum absolute atomic E-state index is 13.5. The Labute approximate surface area is 194 Å². The SMILES string of the molecule is Cc1ccc(S(=O)(=O)N2CC(Cc3ccccc3)C(=O)N2S(=O)(=O)c2ccc(C)cc2)cc1. The highest BCUT2D eigenvalue weighted by molar-refractivity contribution is 7.92. The van der Waals surface area contributed by atoms with Crippen LogP contribution in [0.15, 0.2) is 88.7 Å². The van der Waals surface area contributed by atoms with E-state index in [-0.39, 0.29) is 22.8 Å². The third-order valence-corrected chi connectivity index (χ3v) is 9.12. The summed E-state index contributed by atoms with van der Waals surface area (Å²) in [4.78, 5) is 13.2. The maximum atomic E-state index is 13.5. The number of carbonyl (C=O) groups is 1. The van der Waals surface area contributed by atoms with E-state index in [1.54, 1.807) is 31.2 Å². The molecule has 172 valence electrons. The van der Waals surface area contributed by atoms with Gasteiger partial charge in [-0.05, 0) is 50.1 Å². The van der Waals surface area contributed by atoms with Crippen molar-refractivity contribution < 1.29 is 21.6 Å². The molecule has 1 saturated heterocycles. The van der Waals surface area contributed by atoms with Gasteiger partial charge in [0, 0.05) is 6.54 Å². The Hall–Kier alpha value is -3.01. The lowest BCUT2D eigenvalue weighted by Crippen LogP contribution is -2.46. The molecule has 0 aromatic heterocycles. The summed E-state index contributed by atoms with van der Waals surface area (Å²) in [5.41, 5.74) is 2.52. The van der Waals surface area contributed by atoms with Gasteiger partial charge in [-0.25, -0.2) is 8.42 Å². The molecule has 1 aliphatic rings. The zero-order valence-corrected chi connectivity index (χ0v) is 19.9. The molecule has 3 aromatic carbocycles. The van der Waals surface area contributed by atoms with Crippen LogP contribution in [0.1, 0.15) is 16.7 Å². The molecule has 0 aliphatic carbocycles. The van der Waals surface area contributed by atoms with Crippen LogP contribution in [0.2, 0.25) is 0 Å². The first kappa shape index (κ1) is 23.2. The van der Waals surface area contributed by atoms with E-state index in [0.717, 1.165) is 16.7 Å². The van der Waals surface area contributed by atoms with Gasteiger partial charge in [-0.3, -0.25) is 4.79 Å². The molecule has 33 heavy (non-hydrogen) atoms. The largest absolute Gasteiger partial charge is 0.281 e. The average molecular weight is 485 g/mol. The van der Waals surface area contributed by atoms with Crippen molar-refractivity contribution >= 4 is 26.0 Å². The van der Waals surface area contributed by atoms with E-state index in [1.165, 1.54) is 24.3 Å². The Morgan fingerprint density at radius 2 is 1.21 bits per heavy atom. The van der Waals surface area contributed by atoms with Gasteiger partial charge in [0.25, 0.3) is 26.0 Å². The summed E-state index contributed by atoms with van der Waals surface area (Å²) in [5.74, 6) is -1.61. The van der Waals surface area contributed by atoms with Crippen molar-refractivity contribution in [2.75, 3.05) is 6.54 Å². The van der Waals surface area contributed by atoms with Crippen LogP contribution < -0.4 is 0 Å². The average Bonchev–Trinajstić information content (AvgIpc) is 3.12. The van der Waals surface area contributed by atoms with Crippen molar-refractivity contribution in [1.29, 1.82) is 0 Å². The molecule has 0 saturated carbocycles. The van der Waals surface area contributed by atoms with Crippen molar-refractivity contribution in [3.05, 3.63) is 95.6 Å². The minimum atomic E-state index is -4.45. The van der Waals surface area contributed by atoms with E-state index in [4.69, 9.17) is 0 Å². The zero-order chi connectivity index (χ0) is 23.8. The molecule has 9 heteroatoms. The van der Waals surface area contributed by atoms with Crippen molar-refractivity contribution in [2.24, 2.45) is 5.92 Å². The number of hydrogen-bond acceptors (Lipinski definition) is 5. The quantitative estimate of drug-likeness (QED) is 0.535. The second-order valence-electron chi connectivity index (χ2n) is 8.11. The van der Waals surface area contributed by atoms with Crippen LogP contribution in [0.4, 0.5) is 0 Å². The van der Waals surface area contributed by atoms with Crippen LogP contribution in [-0.4, -0.2) is 38.1 Å². The van der Waals surface area contributed by atoms with Crippen molar-refractivity contribution in [1.82, 2.24) is 8.83 Å². The summed E-state index contributed by atoms with van der Waals surface area (Å²) in [6, 6.07) is 21.2. The number of hydrogen-bond donors (Lipinski definition) is 0. The number of aryl methyl sites for hydroxylation is 2. The van der Waals surface area contributed by atoms with Gasteiger partial charge in [0.1, 0.15) is 0 Å². The van der Waals surface area contributed by atoms with Crippen molar-refractivity contribution in [3.63, 3.8) is 0 Å². The molecule has 1 fully saturated rings. The fourth-order valence-corrected chi connectivity index (χ4v) is 7.01. The van der Waals surface area contributed by atoms with Crippen molar-refractivity contribution in [2.45, 2.75) is 30.1 Å². The predicted molar refractivity (Wildman–Crippen MR) is 124 cm³/mol. The Balaban J connectivity index is 1.79. The molecule has 1 aliphatic heterocycles. The first-order valence-electron chi connectivity index (χ1n) is 10.4. The number of benzene rings is 3. The topological polar surface area (TPSA) is 91.8 Å². The number of sulfonamides is 2. The summed E-state index contributed by atoms with van der Waals surface area (Å²) < 4.78 is 55.1. The standard InChI is InChI=1S/C24H24N2O5S2/c1-18-8-12-22(13-9-18)32(28,29)25-17-21(16-20-6-4-3-5-7-20)24(27)26(25)33(30,31)23-14-10-19(2)11-15-23/h3-15,21H,16-17H2,1-2H3. The Kier molecular flexibility index (Phi) is 6.13. The summed E-state index contributed by atoms with van der Waals surface area (Å²) in [5, 5.41) is 0. The molecule has 4 rings (SSSR count). The van der Waals surface area contributed by atoms with Crippen LogP contribution in [0, 0.1) is 19.8 Å². The highest BCUT2D eigenvalue weighted by Gasteiger charge is 2.50. The van der Waals surface area contributed by atoms with E-state index in [1.807, 2.05) is 37.3 Å². The van der Waals surface area contributed by atoms with Crippen LogP contribution >= 0.6 is 0 Å². The molecule has 1 heterocycles. The monoisotopic (exact) mass is 484 g/mol. The molecule has 0 spiro atoms. The van der Waals surface area contributed by atoms with Gasteiger partial charge in [-0.1, -0.05) is 70.1 Å². The highest BCUT2D eigenvalue weighted by atomic mass is 32.2. The Morgan fingerprint density at radius 1 is 0.727 bits per heavy atom. The molecule has 0 bridgehead atoms. The molecule has 7 nitrogen and oxygen atoms in total. The number of hydrazine groups is 1. The molecule has 1 unspecified atom stereocenters. The third kappa shape index (κ3) is 4.44. The van der Waals surface area contributed by atoms with Gasteiger partial charge in [-0.2, -0.15) is 8.42 Å². The summed E-state index contributed by atoms with van der Waals surface area (Å²) in [6.07, 6.45) is 0.222. The minimum absolute atomic E-state index is 0.0784. The van der Waals surface area contributed by atoms with Gasteiger partial charge in [-0.15, -0.1) is 4.41 Å². The van der Waals surface area contributed by atoms with E-state index < -0.39 is 31.9 Å². The van der Waals surface area contributed by atoms with Crippen LogP contribution in [-0.2, 0) is 31.3 Å². The molecule has 0 N–H and O–H groups in total. The third-order valence-electron chi connectivity index (χ3n) is 5.58. The molecule has 0 radical (unpaired) electrons. The fourth-order valence-electron chi connectivity index (χ4n) is 3.73. The second kappa shape index (κ2) is 8.74. The predicted octanol–water partition coefficient (Wildman–Crippen LogP) is 3.30. The van der Waals surface area contributed by atoms with Gasteiger partial charge in [0.15, 0.2) is 0 Å². The molecular formula is C24H24N2O5S2. The molecular weight excluding hydrogens is 460 g/mol. The van der Waals surface area contributed by atoms with Gasteiger partial charge in [0.2, 0.25) is 0 Å². The molecule has 1 atom stereocenters.